The molecule has 5 heterocycles. The summed E-state index contributed by atoms with van der Waals surface area (Å²) in [6.07, 6.45) is 7.54. The van der Waals surface area contributed by atoms with Crippen molar-refractivity contribution < 1.29 is 38.2 Å². The van der Waals surface area contributed by atoms with Crippen molar-refractivity contribution in [3.63, 3.8) is 0 Å². The van der Waals surface area contributed by atoms with Gasteiger partial charge in [-0.3, -0.25) is 39.0 Å². The minimum atomic E-state index is -0.744. The zero-order chi connectivity index (χ0) is 51.3. The fourth-order valence-electron chi connectivity index (χ4n) is 10.1. The molecule has 3 aliphatic heterocycles. The van der Waals surface area contributed by atoms with Crippen molar-refractivity contribution in [1.29, 1.82) is 0 Å². The summed E-state index contributed by atoms with van der Waals surface area (Å²) in [7, 11) is 7.54. The summed E-state index contributed by atoms with van der Waals surface area (Å²) < 4.78 is 18.7. The zero-order valence-corrected chi connectivity index (χ0v) is 43.3. The van der Waals surface area contributed by atoms with Gasteiger partial charge in [0.2, 0.25) is 5.91 Å². The van der Waals surface area contributed by atoms with Gasteiger partial charge in [-0.05, 0) is 120 Å². The third kappa shape index (κ3) is 13.4. The molecule has 0 bridgehead atoms. The summed E-state index contributed by atoms with van der Waals surface area (Å²) in [6, 6.07) is 18.5. The van der Waals surface area contributed by atoms with Crippen molar-refractivity contribution in [2.24, 2.45) is 17.3 Å². The molecule has 2 aromatic carbocycles. The van der Waals surface area contributed by atoms with E-state index in [0.29, 0.717) is 38.2 Å². The number of benzene rings is 2. The Morgan fingerprint density at radius 1 is 1.07 bits per heavy atom. The van der Waals surface area contributed by atoms with E-state index < -0.39 is 6.04 Å². The van der Waals surface area contributed by atoms with Crippen LogP contribution in [-0.4, -0.2) is 140 Å². The number of nitrogens with one attached hydrogen (secondary N) is 2. The van der Waals surface area contributed by atoms with Gasteiger partial charge in [0.15, 0.2) is 0 Å². The SMILES string of the molecule is C=CC=O.CCn1c(-c2cccnc2C(C)OC)c(CC(C)(C)COC=O)c2cc(-c3cccc(CC(NC(=O)C(C(C)C)N(C)C)C(=O)N4CCC[C@@H](C)N4)c3)ccc21.CN1CC(C=O)C2OCC21. The Bertz CT molecular complexity index is 2400. The molecule has 6 unspecified atom stereocenters. The van der Waals surface area contributed by atoms with E-state index in [2.05, 4.69) is 90.9 Å². The molecule has 15 nitrogen and oxygen atoms in total. The highest BCUT2D eigenvalue weighted by atomic mass is 16.5. The minimum absolute atomic E-state index is 0.0661. The number of rotatable bonds is 19. The molecule has 380 valence electrons. The lowest BCUT2D eigenvalue weighted by Gasteiger charge is -2.35. The third-order valence-corrected chi connectivity index (χ3v) is 13.5. The number of likely N-dealkylation sites (N-methyl/N-ethyl adjacent to an activating group) is 2. The zero-order valence-electron chi connectivity index (χ0n) is 43.3. The van der Waals surface area contributed by atoms with Crippen molar-refractivity contribution in [2.75, 3.05) is 54.6 Å². The maximum atomic E-state index is 14.1. The number of fused-ring (bicyclic) bond motifs is 2. The first-order chi connectivity index (χ1) is 33.4. The van der Waals surface area contributed by atoms with E-state index in [-0.39, 0.29) is 60.0 Å². The fourth-order valence-corrected chi connectivity index (χ4v) is 10.1. The standard InChI is InChI=1S/C45H62N6O5.C7H11NO2.C3H4O/c1-11-50-39-20-19-34(25-36(39)37(26-45(6,7)27-56-28-52)42(50)35-18-13-21-46-40(35)31(5)55-10)33-17-12-16-32(23-33)24-38(44(54)51-22-14-15-30(4)48-51)47-43(53)41(29(2)3)49(8)9;1-8-2-5(3-9)7-6(8)4-10-7;1-2-3-4/h12-13,16-21,23,25,28-31,38,41,48H,11,14-15,22,24,26-27H2,1-10H3,(H,47,53);3,5-7H,2,4H2,1H3;2-3H,1H2/t30-,31?,38?,41?;;/m1../s1. The number of carbonyl (C=O) groups is 5. The average Bonchev–Trinajstić information content (AvgIpc) is 3.75. The van der Waals surface area contributed by atoms with E-state index in [0.717, 1.165) is 88.9 Å². The maximum absolute atomic E-state index is 14.1. The van der Waals surface area contributed by atoms with E-state index in [1.807, 2.05) is 65.0 Å². The van der Waals surface area contributed by atoms with Crippen molar-refractivity contribution in [1.82, 2.24) is 35.1 Å². The Morgan fingerprint density at radius 2 is 1.80 bits per heavy atom. The summed E-state index contributed by atoms with van der Waals surface area (Å²) in [6.45, 7) is 21.4. The number of amides is 2. The third-order valence-electron chi connectivity index (χ3n) is 13.5. The number of allylic oxidation sites excluding steroid dienone is 1. The van der Waals surface area contributed by atoms with E-state index in [9.17, 15) is 19.2 Å². The van der Waals surface area contributed by atoms with Crippen LogP contribution < -0.4 is 10.7 Å². The summed E-state index contributed by atoms with van der Waals surface area (Å²) in [4.78, 5) is 67.5. The van der Waals surface area contributed by atoms with Crippen LogP contribution in [0, 0.1) is 17.3 Å². The second-order valence-corrected chi connectivity index (χ2v) is 20.1. The Labute approximate surface area is 415 Å². The number of hydrogen-bond donors (Lipinski definition) is 2. The number of likely N-dealkylation sites (tertiary alicyclic amines) is 1. The molecule has 2 N–H and O–H groups in total. The molecule has 0 saturated carbocycles. The second kappa shape index (κ2) is 25.5. The van der Waals surface area contributed by atoms with Crippen LogP contribution in [0.3, 0.4) is 0 Å². The number of aldehydes is 2. The maximum Gasteiger partial charge on any atom is 0.293 e. The molecule has 70 heavy (non-hydrogen) atoms. The van der Waals surface area contributed by atoms with Gasteiger partial charge in [-0.1, -0.05) is 64.6 Å². The number of nitrogens with zero attached hydrogens (tertiary/aromatic N) is 5. The Morgan fingerprint density at radius 3 is 2.37 bits per heavy atom. The van der Waals surface area contributed by atoms with Crippen LogP contribution >= 0.6 is 0 Å². The number of carbonyl (C=O) groups excluding carboxylic acids is 5. The van der Waals surface area contributed by atoms with Crippen LogP contribution in [0.15, 0.2) is 73.4 Å². The van der Waals surface area contributed by atoms with Gasteiger partial charge in [0.05, 0.1) is 54.8 Å². The number of ether oxygens (including phenoxy) is 3. The summed E-state index contributed by atoms with van der Waals surface area (Å²) >= 11 is 0. The first-order valence-corrected chi connectivity index (χ1v) is 24.6. The van der Waals surface area contributed by atoms with Crippen molar-refractivity contribution in [3.8, 4) is 22.4 Å². The molecule has 3 saturated heterocycles. The number of pyridine rings is 1. The van der Waals surface area contributed by atoms with Crippen molar-refractivity contribution >= 4 is 41.8 Å². The minimum Gasteiger partial charge on any atom is -0.467 e. The van der Waals surface area contributed by atoms with Crippen LogP contribution in [0.4, 0.5) is 0 Å². The summed E-state index contributed by atoms with van der Waals surface area (Å²) in [5, 5.41) is 5.95. The van der Waals surface area contributed by atoms with Gasteiger partial charge in [0.25, 0.3) is 12.4 Å². The van der Waals surface area contributed by atoms with Crippen LogP contribution in [0.25, 0.3) is 33.3 Å². The van der Waals surface area contributed by atoms with E-state index in [1.54, 1.807) is 18.3 Å². The van der Waals surface area contributed by atoms with E-state index in [4.69, 9.17) is 24.0 Å². The molecule has 7 rings (SSSR count). The van der Waals surface area contributed by atoms with Gasteiger partial charge in [-0.2, -0.15) is 0 Å². The van der Waals surface area contributed by atoms with Crippen molar-refractivity contribution in [2.45, 2.75) is 117 Å². The van der Waals surface area contributed by atoms with Crippen LogP contribution in [-0.2, 0) is 57.6 Å². The van der Waals surface area contributed by atoms with Gasteiger partial charge >= 0.3 is 0 Å². The molecule has 7 atom stereocenters. The van der Waals surface area contributed by atoms with Gasteiger partial charge in [-0.25, -0.2) is 5.43 Å². The molecule has 0 radical (unpaired) electrons. The Balaban J connectivity index is 0.000000557. The molecule has 4 aromatic rings. The van der Waals surface area contributed by atoms with Crippen LogP contribution in [0.2, 0.25) is 0 Å². The molecular formula is C55H77N7O8. The lowest BCUT2D eigenvalue weighted by molar-refractivity contribution is -0.142. The predicted molar refractivity (Wildman–Crippen MR) is 275 cm³/mol. The first kappa shape index (κ1) is 55.3. The lowest BCUT2D eigenvalue weighted by Crippen LogP contribution is -2.60. The highest BCUT2D eigenvalue weighted by molar-refractivity contribution is 5.95. The molecule has 3 fully saturated rings. The topological polar surface area (TPSA) is 165 Å². The molecule has 2 amide bonds. The smallest absolute Gasteiger partial charge is 0.293 e. The lowest BCUT2D eigenvalue weighted by atomic mass is 9.84. The highest BCUT2D eigenvalue weighted by Gasteiger charge is 2.47. The van der Waals surface area contributed by atoms with Crippen LogP contribution in [0.5, 0.6) is 0 Å². The van der Waals surface area contributed by atoms with Crippen LogP contribution in [0.1, 0.15) is 84.2 Å². The average molecular weight is 964 g/mol. The molecule has 15 heteroatoms. The number of hydrazine groups is 1. The number of aromatic nitrogens is 2. The second-order valence-electron chi connectivity index (χ2n) is 20.1. The largest absolute Gasteiger partial charge is 0.467 e. The van der Waals surface area contributed by atoms with E-state index in [1.165, 1.54) is 6.08 Å². The number of methoxy groups -OCH3 is 1. The van der Waals surface area contributed by atoms with Gasteiger partial charge in [-0.15, -0.1) is 0 Å². The van der Waals surface area contributed by atoms with Crippen molar-refractivity contribution in [3.05, 3.63) is 90.3 Å². The highest BCUT2D eigenvalue weighted by Crippen LogP contribution is 2.42. The summed E-state index contributed by atoms with van der Waals surface area (Å²) in [5.41, 5.74) is 11.2. The normalized spacial score (nSPS) is 20.2. The predicted octanol–water partition coefficient (Wildman–Crippen LogP) is 6.85. The molecule has 3 aliphatic rings. The summed E-state index contributed by atoms with van der Waals surface area (Å²) in [5.74, 6) is -0.0909. The number of hydrogen-bond acceptors (Lipinski definition) is 12. The first-order valence-electron chi connectivity index (χ1n) is 24.6. The van der Waals surface area contributed by atoms with Gasteiger partial charge in [0, 0.05) is 67.3 Å². The quantitative estimate of drug-likeness (QED) is 0.0743. The Hall–Kier alpha value is -5.58. The molecule has 2 aromatic heterocycles. The van der Waals surface area contributed by atoms with Gasteiger partial charge < -0.3 is 28.9 Å². The molecule has 0 aliphatic carbocycles. The molecular weight excluding hydrogens is 887 g/mol. The number of aryl methyl sites for hydroxylation is 1. The van der Waals surface area contributed by atoms with Gasteiger partial charge in [0.1, 0.15) is 18.6 Å². The molecule has 0 spiro atoms. The van der Waals surface area contributed by atoms with E-state index >= 15 is 0 Å². The Kier molecular flexibility index (Phi) is 20.2. The fraction of sp³-hybridized carbons (Fsp3) is 0.527. The monoisotopic (exact) mass is 964 g/mol.